The Kier molecular flexibility index (Phi) is 5.33. The second-order valence-corrected chi connectivity index (χ2v) is 6.66. The molecule has 0 spiro atoms. The minimum Gasteiger partial charge on any atom is -0.155 e. The minimum atomic E-state index is 0.430. The monoisotopic (exact) mass is 296 g/mol. The van der Waals surface area contributed by atoms with Gasteiger partial charge in [-0.05, 0) is 62.1 Å². The number of hydrogen-bond donors (Lipinski definition) is 0. The molecule has 2 rings (SSSR count). The predicted octanol–water partition coefficient (Wildman–Crippen LogP) is 5.26. The van der Waals surface area contributed by atoms with E-state index in [2.05, 4.69) is 76.0 Å². The molecule has 0 aliphatic rings. The van der Waals surface area contributed by atoms with Gasteiger partial charge in [-0.1, -0.05) is 50.6 Å². The van der Waals surface area contributed by atoms with E-state index in [0.717, 1.165) is 24.2 Å². The van der Waals surface area contributed by atoms with Crippen molar-refractivity contribution < 1.29 is 0 Å². The van der Waals surface area contributed by atoms with Gasteiger partial charge in [0.15, 0.2) is 0 Å². The molecule has 22 heavy (non-hydrogen) atoms. The lowest BCUT2D eigenvalue weighted by atomic mass is 9.89. The summed E-state index contributed by atoms with van der Waals surface area (Å²) in [6, 6.07) is 8.90. The Morgan fingerprint density at radius 2 is 1.55 bits per heavy atom. The Balaban J connectivity index is 2.28. The molecule has 0 amide bonds. The smallest absolute Gasteiger partial charge is 0.0688 e. The van der Waals surface area contributed by atoms with Crippen molar-refractivity contribution in [2.24, 2.45) is 0 Å². The zero-order chi connectivity index (χ0) is 16.3. The van der Waals surface area contributed by atoms with Crippen molar-refractivity contribution in [3.05, 3.63) is 57.9 Å². The Bertz CT molecular complexity index is 627. The topological polar surface area (TPSA) is 25.8 Å². The van der Waals surface area contributed by atoms with Crippen LogP contribution in [0.15, 0.2) is 24.3 Å². The first-order valence-electron chi connectivity index (χ1n) is 8.33. The van der Waals surface area contributed by atoms with Gasteiger partial charge in [-0.25, -0.2) is 0 Å². The van der Waals surface area contributed by atoms with Crippen molar-refractivity contribution in [3.63, 3.8) is 0 Å². The van der Waals surface area contributed by atoms with Crippen molar-refractivity contribution >= 4 is 0 Å². The van der Waals surface area contributed by atoms with E-state index in [1.54, 1.807) is 0 Å². The van der Waals surface area contributed by atoms with E-state index in [0.29, 0.717) is 11.8 Å². The fourth-order valence-electron chi connectivity index (χ4n) is 2.99. The van der Waals surface area contributed by atoms with Crippen molar-refractivity contribution in [2.45, 2.75) is 66.2 Å². The molecular weight excluding hydrogens is 268 g/mol. The molecule has 2 aromatic rings. The SMILES string of the molecule is CC[C@H](Cc1nnc(C(C)C)c(C)c1C)c1ccc(C)cc1. The summed E-state index contributed by atoms with van der Waals surface area (Å²) in [5, 5.41) is 9.02. The summed E-state index contributed by atoms with van der Waals surface area (Å²) < 4.78 is 0. The van der Waals surface area contributed by atoms with E-state index >= 15 is 0 Å². The van der Waals surface area contributed by atoms with Crippen LogP contribution in [0.2, 0.25) is 0 Å². The first-order chi connectivity index (χ1) is 10.4. The number of nitrogens with zero attached hydrogens (tertiary/aromatic N) is 2. The first kappa shape index (κ1) is 16.7. The van der Waals surface area contributed by atoms with Crippen molar-refractivity contribution in [3.8, 4) is 0 Å². The van der Waals surface area contributed by atoms with E-state index in [1.165, 1.54) is 22.3 Å². The van der Waals surface area contributed by atoms with Crippen molar-refractivity contribution in [1.82, 2.24) is 10.2 Å². The molecule has 0 fully saturated rings. The van der Waals surface area contributed by atoms with Gasteiger partial charge in [0.1, 0.15) is 0 Å². The standard InChI is InChI=1S/C20H28N2/c1-7-17(18-10-8-14(4)9-11-18)12-19-15(5)16(6)20(13(2)3)22-21-19/h8-11,13,17H,7,12H2,1-6H3/t17-/m1/s1. The summed E-state index contributed by atoms with van der Waals surface area (Å²) in [5.41, 5.74) is 7.61. The van der Waals surface area contributed by atoms with Crippen LogP contribution in [0.5, 0.6) is 0 Å². The molecule has 118 valence electrons. The molecular formula is C20H28N2. The highest BCUT2D eigenvalue weighted by Crippen LogP contribution is 2.27. The minimum absolute atomic E-state index is 0.430. The van der Waals surface area contributed by atoms with Crippen molar-refractivity contribution in [2.75, 3.05) is 0 Å². The number of aromatic nitrogens is 2. The van der Waals surface area contributed by atoms with Crippen LogP contribution in [-0.4, -0.2) is 10.2 Å². The van der Waals surface area contributed by atoms with Crippen molar-refractivity contribution in [1.29, 1.82) is 0 Å². The van der Waals surface area contributed by atoms with Crippen LogP contribution < -0.4 is 0 Å². The van der Waals surface area contributed by atoms with Crippen LogP contribution >= 0.6 is 0 Å². The highest BCUT2D eigenvalue weighted by atomic mass is 15.1. The molecule has 0 unspecified atom stereocenters. The number of hydrogen-bond acceptors (Lipinski definition) is 2. The predicted molar refractivity (Wildman–Crippen MR) is 93.5 cm³/mol. The van der Waals surface area contributed by atoms with Gasteiger partial charge in [0.05, 0.1) is 11.4 Å². The molecule has 0 saturated heterocycles. The quantitative estimate of drug-likeness (QED) is 0.752. The maximum Gasteiger partial charge on any atom is 0.0688 e. The van der Waals surface area contributed by atoms with Gasteiger partial charge < -0.3 is 0 Å². The molecule has 2 nitrogen and oxygen atoms in total. The summed E-state index contributed by atoms with van der Waals surface area (Å²) in [7, 11) is 0. The highest BCUT2D eigenvalue weighted by Gasteiger charge is 2.16. The van der Waals surface area contributed by atoms with Crippen LogP contribution in [0.1, 0.15) is 72.7 Å². The molecule has 0 N–H and O–H groups in total. The van der Waals surface area contributed by atoms with Gasteiger partial charge in [-0.15, -0.1) is 0 Å². The Morgan fingerprint density at radius 1 is 0.909 bits per heavy atom. The van der Waals surface area contributed by atoms with Crippen LogP contribution in [0, 0.1) is 20.8 Å². The molecule has 0 aliphatic heterocycles. The Labute approximate surface area is 135 Å². The summed E-state index contributed by atoms with van der Waals surface area (Å²) >= 11 is 0. The Morgan fingerprint density at radius 3 is 2.09 bits per heavy atom. The number of rotatable bonds is 5. The molecule has 0 bridgehead atoms. The van der Waals surface area contributed by atoms with Crippen LogP contribution in [0.4, 0.5) is 0 Å². The van der Waals surface area contributed by atoms with Gasteiger partial charge in [0.25, 0.3) is 0 Å². The van der Waals surface area contributed by atoms with Crippen LogP contribution in [0.25, 0.3) is 0 Å². The van der Waals surface area contributed by atoms with E-state index in [4.69, 9.17) is 0 Å². The molecule has 2 heteroatoms. The molecule has 1 aromatic carbocycles. The summed E-state index contributed by atoms with van der Waals surface area (Å²) in [4.78, 5) is 0. The lowest BCUT2D eigenvalue weighted by Crippen LogP contribution is -2.10. The normalized spacial score (nSPS) is 12.7. The molecule has 1 atom stereocenters. The van der Waals surface area contributed by atoms with Crippen LogP contribution in [-0.2, 0) is 6.42 Å². The average molecular weight is 296 g/mol. The van der Waals surface area contributed by atoms with Gasteiger partial charge in [-0.3, -0.25) is 0 Å². The maximum absolute atomic E-state index is 4.54. The highest BCUT2D eigenvalue weighted by molar-refractivity contribution is 5.34. The molecule has 1 aromatic heterocycles. The summed E-state index contributed by atoms with van der Waals surface area (Å²) in [6.45, 7) is 13.1. The third-order valence-corrected chi connectivity index (χ3v) is 4.69. The van der Waals surface area contributed by atoms with E-state index < -0.39 is 0 Å². The van der Waals surface area contributed by atoms with E-state index in [-0.39, 0.29) is 0 Å². The largest absolute Gasteiger partial charge is 0.155 e. The number of benzene rings is 1. The first-order valence-corrected chi connectivity index (χ1v) is 8.33. The second-order valence-electron chi connectivity index (χ2n) is 6.66. The summed E-state index contributed by atoms with van der Waals surface area (Å²) in [5.74, 6) is 0.942. The fourth-order valence-corrected chi connectivity index (χ4v) is 2.99. The average Bonchev–Trinajstić information content (AvgIpc) is 2.49. The van der Waals surface area contributed by atoms with Gasteiger partial charge in [0, 0.05) is 0 Å². The van der Waals surface area contributed by atoms with E-state index in [1.807, 2.05) is 0 Å². The third-order valence-electron chi connectivity index (χ3n) is 4.69. The molecule has 0 aliphatic carbocycles. The van der Waals surface area contributed by atoms with E-state index in [9.17, 15) is 0 Å². The zero-order valence-electron chi connectivity index (χ0n) is 14.8. The molecule has 0 saturated carbocycles. The summed E-state index contributed by atoms with van der Waals surface area (Å²) in [6.07, 6.45) is 2.09. The Hall–Kier alpha value is -1.70. The van der Waals surface area contributed by atoms with Gasteiger partial charge >= 0.3 is 0 Å². The molecule has 0 radical (unpaired) electrons. The van der Waals surface area contributed by atoms with Crippen LogP contribution in [0.3, 0.4) is 0 Å². The maximum atomic E-state index is 4.54. The van der Waals surface area contributed by atoms with Gasteiger partial charge in [0.2, 0.25) is 0 Å². The molecule has 1 heterocycles. The number of aryl methyl sites for hydroxylation is 1. The lowest BCUT2D eigenvalue weighted by Gasteiger charge is -2.18. The third kappa shape index (κ3) is 3.55. The zero-order valence-corrected chi connectivity index (χ0v) is 14.8. The fraction of sp³-hybridized carbons (Fsp3) is 0.500. The lowest BCUT2D eigenvalue weighted by molar-refractivity contribution is 0.632. The van der Waals surface area contributed by atoms with Gasteiger partial charge in [-0.2, -0.15) is 10.2 Å². The second kappa shape index (κ2) is 7.04.